The Hall–Kier alpha value is -1.24. The van der Waals surface area contributed by atoms with Crippen LogP contribution in [0, 0.1) is 6.92 Å². The van der Waals surface area contributed by atoms with Gasteiger partial charge in [-0.2, -0.15) is 0 Å². The van der Waals surface area contributed by atoms with Gasteiger partial charge in [-0.05, 0) is 58.7 Å². The third-order valence-corrected chi connectivity index (χ3v) is 5.23. The molecule has 7 heteroatoms. The molecule has 0 unspecified atom stereocenters. The van der Waals surface area contributed by atoms with Gasteiger partial charge in [-0.25, -0.2) is 8.42 Å². The van der Waals surface area contributed by atoms with Crippen LogP contribution in [0.4, 0.5) is 11.4 Å². The van der Waals surface area contributed by atoms with Crippen molar-refractivity contribution in [3.63, 3.8) is 0 Å². The highest BCUT2D eigenvalue weighted by molar-refractivity contribution is 9.10. The van der Waals surface area contributed by atoms with Crippen LogP contribution < -0.4 is 10.5 Å². The van der Waals surface area contributed by atoms with Crippen LogP contribution in [-0.2, 0) is 10.0 Å². The van der Waals surface area contributed by atoms with Crippen LogP contribution in [0.1, 0.15) is 5.56 Å². The van der Waals surface area contributed by atoms with E-state index in [4.69, 9.17) is 17.3 Å². The predicted molar refractivity (Wildman–Crippen MR) is 85.6 cm³/mol. The number of anilines is 2. The highest BCUT2D eigenvalue weighted by atomic mass is 79.9. The van der Waals surface area contributed by atoms with Gasteiger partial charge >= 0.3 is 0 Å². The molecule has 2 aromatic rings. The van der Waals surface area contributed by atoms with Crippen molar-refractivity contribution in [2.45, 2.75) is 11.8 Å². The first-order valence-corrected chi connectivity index (χ1v) is 8.29. The van der Waals surface area contributed by atoms with E-state index in [1.807, 2.05) is 6.92 Å². The maximum atomic E-state index is 12.3. The van der Waals surface area contributed by atoms with E-state index in [1.54, 1.807) is 18.2 Å². The number of benzene rings is 2. The van der Waals surface area contributed by atoms with Gasteiger partial charge in [0.25, 0.3) is 10.0 Å². The van der Waals surface area contributed by atoms with Crippen LogP contribution in [0.3, 0.4) is 0 Å². The number of nitrogen functional groups attached to an aromatic ring is 1. The lowest BCUT2D eigenvalue weighted by atomic mass is 10.2. The van der Waals surface area contributed by atoms with Crippen molar-refractivity contribution >= 4 is 48.9 Å². The second kappa shape index (κ2) is 5.63. The second-order valence-corrected chi connectivity index (χ2v) is 7.22. The molecule has 0 aliphatic carbocycles. The average molecular weight is 376 g/mol. The Labute approximate surface area is 131 Å². The molecular formula is C13H12BrClN2O2S. The van der Waals surface area contributed by atoms with Gasteiger partial charge in [-0.3, -0.25) is 4.72 Å². The summed E-state index contributed by atoms with van der Waals surface area (Å²) >= 11 is 9.05. The number of nitrogens with one attached hydrogen (secondary N) is 1. The fourth-order valence-electron chi connectivity index (χ4n) is 1.62. The molecule has 106 valence electrons. The molecule has 0 aliphatic rings. The molecule has 0 bridgehead atoms. The first-order chi connectivity index (χ1) is 9.29. The molecule has 0 aliphatic heterocycles. The van der Waals surface area contributed by atoms with Gasteiger partial charge in [0, 0.05) is 4.47 Å². The quantitative estimate of drug-likeness (QED) is 0.802. The monoisotopic (exact) mass is 374 g/mol. The van der Waals surface area contributed by atoms with Crippen molar-refractivity contribution in [3.05, 3.63) is 51.5 Å². The van der Waals surface area contributed by atoms with Gasteiger partial charge in [0.05, 0.1) is 21.3 Å². The van der Waals surface area contributed by atoms with Crippen molar-refractivity contribution in [2.24, 2.45) is 0 Å². The molecule has 2 aromatic carbocycles. The van der Waals surface area contributed by atoms with E-state index in [0.29, 0.717) is 20.9 Å². The maximum absolute atomic E-state index is 12.3. The Bertz CT molecular complexity index is 763. The normalized spacial score (nSPS) is 11.3. The SMILES string of the molecule is Cc1ccc(NS(=O)(=O)c2ccc(Cl)c(Br)c2)c(N)c1. The summed E-state index contributed by atoms with van der Waals surface area (Å²) in [7, 11) is -3.71. The van der Waals surface area contributed by atoms with Crippen molar-refractivity contribution in [3.8, 4) is 0 Å². The molecule has 4 nitrogen and oxygen atoms in total. The van der Waals surface area contributed by atoms with E-state index in [9.17, 15) is 8.42 Å². The third kappa shape index (κ3) is 3.26. The van der Waals surface area contributed by atoms with Gasteiger partial charge in [0.1, 0.15) is 0 Å². The fraction of sp³-hybridized carbons (Fsp3) is 0.0769. The lowest BCUT2D eigenvalue weighted by Crippen LogP contribution is -2.14. The van der Waals surface area contributed by atoms with E-state index in [0.717, 1.165) is 5.56 Å². The van der Waals surface area contributed by atoms with Crippen molar-refractivity contribution in [2.75, 3.05) is 10.5 Å². The Morgan fingerprint density at radius 2 is 1.90 bits per heavy atom. The first kappa shape index (κ1) is 15.2. The third-order valence-electron chi connectivity index (χ3n) is 2.65. The number of hydrogen-bond acceptors (Lipinski definition) is 3. The van der Waals surface area contributed by atoms with Gasteiger partial charge in [0.2, 0.25) is 0 Å². The largest absolute Gasteiger partial charge is 0.397 e. The summed E-state index contributed by atoms with van der Waals surface area (Å²) in [4.78, 5) is 0.105. The van der Waals surface area contributed by atoms with Crippen molar-refractivity contribution < 1.29 is 8.42 Å². The molecule has 0 atom stereocenters. The van der Waals surface area contributed by atoms with E-state index >= 15 is 0 Å². The van der Waals surface area contributed by atoms with Crippen LogP contribution in [0.15, 0.2) is 45.8 Å². The molecule has 0 saturated heterocycles. The summed E-state index contributed by atoms with van der Waals surface area (Å²) in [6, 6.07) is 9.50. The molecule has 0 aromatic heterocycles. The minimum absolute atomic E-state index is 0.105. The van der Waals surface area contributed by atoms with Crippen LogP contribution in [-0.4, -0.2) is 8.42 Å². The summed E-state index contributed by atoms with van der Waals surface area (Å²) < 4.78 is 27.5. The molecule has 3 N–H and O–H groups in total. The molecule has 0 fully saturated rings. The number of aryl methyl sites for hydroxylation is 1. The first-order valence-electron chi connectivity index (χ1n) is 5.63. The Balaban J connectivity index is 2.38. The Kier molecular flexibility index (Phi) is 4.27. The Morgan fingerprint density at radius 1 is 1.20 bits per heavy atom. The molecule has 0 radical (unpaired) electrons. The van der Waals surface area contributed by atoms with E-state index in [1.165, 1.54) is 18.2 Å². The molecule has 0 spiro atoms. The molecule has 0 saturated carbocycles. The standard InChI is InChI=1S/C13H12BrClN2O2S/c1-8-2-5-13(12(16)6-8)17-20(18,19)9-3-4-11(15)10(14)7-9/h2-7,17H,16H2,1H3. The fourth-order valence-corrected chi connectivity index (χ4v) is 3.38. The van der Waals surface area contributed by atoms with Crippen LogP contribution in [0.25, 0.3) is 0 Å². The number of halogens is 2. The van der Waals surface area contributed by atoms with Gasteiger partial charge in [-0.15, -0.1) is 0 Å². The summed E-state index contributed by atoms with van der Waals surface area (Å²) in [5, 5.41) is 0.443. The lowest BCUT2D eigenvalue weighted by molar-refractivity contribution is 0.601. The zero-order valence-electron chi connectivity index (χ0n) is 10.5. The van der Waals surface area contributed by atoms with Crippen LogP contribution in [0.5, 0.6) is 0 Å². The topological polar surface area (TPSA) is 72.2 Å². The average Bonchev–Trinajstić information content (AvgIpc) is 2.36. The highest BCUT2D eigenvalue weighted by Crippen LogP contribution is 2.28. The molecule has 0 heterocycles. The highest BCUT2D eigenvalue weighted by Gasteiger charge is 2.16. The molecule has 2 rings (SSSR count). The zero-order chi connectivity index (χ0) is 14.9. The number of rotatable bonds is 3. The van der Waals surface area contributed by atoms with E-state index in [2.05, 4.69) is 20.7 Å². The minimum atomic E-state index is -3.71. The zero-order valence-corrected chi connectivity index (χ0v) is 13.7. The summed E-state index contributed by atoms with van der Waals surface area (Å²) in [6.07, 6.45) is 0. The van der Waals surface area contributed by atoms with Crippen LogP contribution in [0.2, 0.25) is 5.02 Å². The summed E-state index contributed by atoms with van der Waals surface area (Å²) in [6.45, 7) is 1.88. The molecule has 0 amide bonds. The van der Waals surface area contributed by atoms with Gasteiger partial charge < -0.3 is 5.73 Å². The smallest absolute Gasteiger partial charge is 0.262 e. The maximum Gasteiger partial charge on any atom is 0.262 e. The van der Waals surface area contributed by atoms with Gasteiger partial charge in [0.15, 0.2) is 0 Å². The summed E-state index contributed by atoms with van der Waals surface area (Å²) in [5.74, 6) is 0. The van der Waals surface area contributed by atoms with Crippen molar-refractivity contribution in [1.82, 2.24) is 0 Å². The van der Waals surface area contributed by atoms with Crippen molar-refractivity contribution in [1.29, 1.82) is 0 Å². The lowest BCUT2D eigenvalue weighted by Gasteiger charge is -2.11. The Morgan fingerprint density at radius 3 is 2.50 bits per heavy atom. The van der Waals surface area contributed by atoms with E-state index < -0.39 is 10.0 Å². The molecule has 20 heavy (non-hydrogen) atoms. The van der Waals surface area contributed by atoms with Crippen LogP contribution >= 0.6 is 27.5 Å². The number of hydrogen-bond donors (Lipinski definition) is 2. The molecular weight excluding hydrogens is 364 g/mol. The second-order valence-electron chi connectivity index (χ2n) is 4.27. The van der Waals surface area contributed by atoms with E-state index in [-0.39, 0.29) is 4.90 Å². The number of sulfonamides is 1. The summed E-state index contributed by atoms with van der Waals surface area (Å²) in [5.41, 5.74) is 7.49. The number of nitrogens with two attached hydrogens (primary N) is 1. The van der Waals surface area contributed by atoms with Gasteiger partial charge in [-0.1, -0.05) is 17.7 Å². The predicted octanol–water partition coefficient (Wildman–Crippen LogP) is 3.79. The minimum Gasteiger partial charge on any atom is -0.397 e.